The van der Waals surface area contributed by atoms with Gasteiger partial charge in [-0.05, 0) is 18.6 Å². The monoisotopic (exact) mass is 255 g/mol. The number of ether oxygens (including phenoxy) is 2. The molecule has 6 heteroatoms. The smallest absolute Gasteiger partial charge is 0.310 e. The zero-order chi connectivity index (χ0) is 13.5. The van der Waals surface area contributed by atoms with Crippen LogP contribution >= 0.6 is 0 Å². The quantitative estimate of drug-likeness (QED) is 0.590. The first kappa shape index (κ1) is 14.4. The van der Waals surface area contributed by atoms with Crippen LogP contribution in [0.25, 0.3) is 0 Å². The molecule has 0 saturated carbocycles. The van der Waals surface area contributed by atoms with E-state index in [1.807, 2.05) is 0 Å². The molecular formula is C12H17NO5. The Morgan fingerprint density at radius 3 is 2.78 bits per heavy atom. The van der Waals surface area contributed by atoms with Crippen LogP contribution in [0, 0.1) is 10.1 Å². The predicted molar refractivity (Wildman–Crippen MR) is 65.9 cm³/mol. The summed E-state index contributed by atoms with van der Waals surface area (Å²) in [5.41, 5.74) is 0.704. The van der Waals surface area contributed by atoms with Gasteiger partial charge in [-0.25, -0.2) is 0 Å². The van der Waals surface area contributed by atoms with Crippen molar-refractivity contribution in [2.75, 3.05) is 20.3 Å². The van der Waals surface area contributed by atoms with Crippen molar-refractivity contribution in [2.24, 2.45) is 0 Å². The number of hydrogen-bond acceptors (Lipinski definition) is 5. The fourth-order valence-electron chi connectivity index (χ4n) is 1.63. The highest BCUT2D eigenvalue weighted by molar-refractivity contribution is 5.48. The minimum Gasteiger partial charge on any atom is -0.487 e. The van der Waals surface area contributed by atoms with Crippen molar-refractivity contribution >= 4 is 5.69 Å². The highest BCUT2D eigenvalue weighted by Gasteiger charge is 2.16. The van der Waals surface area contributed by atoms with Gasteiger partial charge >= 0.3 is 5.69 Å². The van der Waals surface area contributed by atoms with E-state index < -0.39 is 11.0 Å². The zero-order valence-electron chi connectivity index (χ0n) is 10.5. The maximum atomic E-state index is 10.8. The van der Waals surface area contributed by atoms with Crippen LogP contribution in [0.3, 0.4) is 0 Å². The summed E-state index contributed by atoms with van der Waals surface area (Å²) in [4.78, 5) is 10.3. The molecule has 1 unspecified atom stereocenters. The topological polar surface area (TPSA) is 81.8 Å². The number of nitrogens with zero attached hydrogens (tertiary/aromatic N) is 1. The SMILES string of the molecule is CCOc1cc(CC(O)COC)ccc1[N+](=O)[O-]. The third kappa shape index (κ3) is 3.97. The molecule has 0 spiro atoms. The van der Waals surface area contributed by atoms with Crippen molar-refractivity contribution in [3.05, 3.63) is 33.9 Å². The van der Waals surface area contributed by atoms with Gasteiger partial charge in [-0.15, -0.1) is 0 Å². The standard InChI is InChI=1S/C12H17NO5/c1-3-18-12-7-9(6-10(14)8-17-2)4-5-11(12)13(15)16/h4-5,7,10,14H,3,6,8H2,1-2H3. The maximum absolute atomic E-state index is 10.8. The lowest BCUT2D eigenvalue weighted by Gasteiger charge is -2.11. The zero-order valence-corrected chi connectivity index (χ0v) is 10.5. The van der Waals surface area contributed by atoms with Gasteiger partial charge in [-0.3, -0.25) is 10.1 Å². The summed E-state index contributed by atoms with van der Waals surface area (Å²) < 4.78 is 10.1. The van der Waals surface area contributed by atoms with Crippen molar-refractivity contribution in [1.29, 1.82) is 0 Å². The first-order valence-corrected chi connectivity index (χ1v) is 5.65. The Kier molecular flexibility index (Phi) is 5.54. The van der Waals surface area contributed by atoms with E-state index in [0.29, 0.717) is 13.0 Å². The Bertz CT molecular complexity index is 407. The van der Waals surface area contributed by atoms with E-state index in [-0.39, 0.29) is 18.0 Å². The molecule has 6 nitrogen and oxygen atoms in total. The van der Waals surface area contributed by atoms with E-state index in [1.54, 1.807) is 19.1 Å². The molecule has 0 aliphatic carbocycles. The normalized spacial score (nSPS) is 12.2. The molecule has 0 amide bonds. The van der Waals surface area contributed by atoms with Crippen molar-refractivity contribution < 1.29 is 19.5 Å². The second-order valence-electron chi connectivity index (χ2n) is 3.81. The average molecular weight is 255 g/mol. The molecule has 100 valence electrons. The molecule has 0 aliphatic heterocycles. The van der Waals surface area contributed by atoms with Gasteiger partial charge in [0, 0.05) is 19.6 Å². The van der Waals surface area contributed by atoms with Crippen LogP contribution in [-0.4, -0.2) is 36.5 Å². The minimum absolute atomic E-state index is 0.0677. The molecule has 1 aromatic rings. The fraction of sp³-hybridized carbons (Fsp3) is 0.500. The van der Waals surface area contributed by atoms with Gasteiger partial charge < -0.3 is 14.6 Å². The van der Waals surface area contributed by atoms with Crippen molar-refractivity contribution in [3.63, 3.8) is 0 Å². The molecule has 0 bridgehead atoms. The van der Waals surface area contributed by atoms with Crippen molar-refractivity contribution in [1.82, 2.24) is 0 Å². The van der Waals surface area contributed by atoms with E-state index in [9.17, 15) is 15.2 Å². The van der Waals surface area contributed by atoms with E-state index in [0.717, 1.165) is 5.56 Å². The molecule has 0 saturated heterocycles. The lowest BCUT2D eigenvalue weighted by molar-refractivity contribution is -0.385. The minimum atomic E-state index is -0.633. The van der Waals surface area contributed by atoms with Gasteiger partial charge in [0.2, 0.25) is 0 Å². The first-order chi connectivity index (χ1) is 8.58. The summed E-state index contributed by atoms with van der Waals surface area (Å²) in [7, 11) is 1.50. The molecule has 1 N–H and O–H groups in total. The van der Waals surface area contributed by atoms with Crippen LogP contribution in [0.5, 0.6) is 5.75 Å². The number of hydrogen-bond donors (Lipinski definition) is 1. The Hall–Kier alpha value is -1.66. The van der Waals surface area contributed by atoms with Crippen LogP contribution in [-0.2, 0) is 11.2 Å². The Balaban J connectivity index is 2.88. The number of nitro benzene ring substituents is 1. The Labute approximate surface area is 105 Å². The highest BCUT2D eigenvalue weighted by Crippen LogP contribution is 2.28. The van der Waals surface area contributed by atoms with E-state index in [1.165, 1.54) is 13.2 Å². The number of benzene rings is 1. The summed E-state index contributed by atoms with van der Waals surface area (Å²) in [6.07, 6.45) is -0.266. The maximum Gasteiger partial charge on any atom is 0.310 e. The average Bonchev–Trinajstić information content (AvgIpc) is 2.29. The van der Waals surface area contributed by atoms with Crippen LogP contribution in [0.2, 0.25) is 0 Å². The molecule has 0 fully saturated rings. The summed E-state index contributed by atoms with van der Waals surface area (Å²) in [6.45, 7) is 2.34. The second kappa shape index (κ2) is 6.93. The summed E-state index contributed by atoms with van der Waals surface area (Å²) >= 11 is 0. The van der Waals surface area contributed by atoms with E-state index >= 15 is 0 Å². The molecule has 1 rings (SSSR count). The summed E-state index contributed by atoms with van der Waals surface area (Å²) in [6, 6.07) is 4.58. The highest BCUT2D eigenvalue weighted by atomic mass is 16.6. The number of aliphatic hydroxyl groups is 1. The number of aliphatic hydroxyl groups excluding tert-OH is 1. The van der Waals surface area contributed by atoms with Crippen LogP contribution in [0.15, 0.2) is 18.2 Å². The molecule has 0 aliphatic rings. The van der Waals surface area contributed by atoms with E-state index in [4.69, 9.17) is 9.47 Å². The predicted octanol–water partition coefficient (Wildman–Crippen LogP) is 1.54. The van der Waals surface area contributed by atoms with Gasteiger partial charge in [0.25, 0.3) is 0 Å². The third-order valence-electron chi connectivity index (χ3n) is 2.35. The van der Waals surface area contributed by atoms with Crippen molar-refractivity contribution in [2.45, 2.75) is 19.4 Å². The van der Waals surface area contributed by atoms with Gasteiger partial charge in [0.1, 0.15) is 0 Å². The molecule has 1 atom stereocenters. The first-order valence-electron chi connectivity index (χ1n) is 5.65. The van der Waals surface area contributed by atoms with Crippen LogP contribution in [0.4, 0.5) is 5.69 Å². The van der Waals surface area contributed by atoms with Gasteiger partial charge in [0.05, 0.1) is 24.2 Å². The summed E-state index contributed by atoms with van der Waals surface area (Å²) in [5.74, 6) is 0.226. The largest absolute Gasteiger partial charge is 0.487 e. The lowest BCUT2D eigenvalue weighted by Crippen LogP contribution is -2.17. The number of rotatable bonds is 7. The Morgan fingerprint density at radius 2 is 2.22 bits per heavy atom. The number of methoxy groups -OCH3 is 1. The molecular weight excluding hydrogens is 238 g/mol. The molecule has 18 heavy (non-hydrogen) atoms. The molecule has 0 radical (unpaired) electrons. The number of nitro groups is 1. The fourth-order valence-corrected chi connectivity index (χ4v) is 1.63. The van der Waals surface area contributed by atoms with Crippen molar-refractivity contribution in [3.8, 4) is 5.75 Å². The molecule has 0 heterocycles. The van der Waals surface area contributed by atoms with Gasteiger partial charge in [-0.1, -0.05) is 6.07 Å². The lowest BCUT2D eigenvalue weighted by atomic mass is 10.1. The van der Waals surface area contributed by atoms with Gasteiger partial charge in [0.15, 0.2) is 5.75 Å². The van der Waals surface area contributed by atoms with Crippen LogP contribution < -0.4 is 4.74 Å². The van der Waals surface area contributed by atoms with Crippen LogP contribution in [0.1, 0.15) is 12.5 Å². The molecule has 0 aromatic heterocycles. The Morgan fingerprint density at radius 1 is 1.50 bits per heavy atom. The molecule has 1 aromatic carbocycles. The third-order valence-corrected chi connectivity index (χ3v) is 2.35. The second-order valence-corrected chi connectivity index (χ2v) is 3.81. The van der Waals surface area contributed by atoms with E-state index in [2.05, 4.69) is 0 Å². The summed E-state index contributed by atoms with van der Waals surface area (Å²) in [5, 5.41) is 20.4. The van der Waals surface area contributed by atoms with Gasteiger partial charge in [-0.2, -0.15) is 0 Å².